The Labute approximate surface area is 125 Å². The molecule has 1 fully saturated rings. The van der Waals surface area contributed by atoms with E-state index in [4.69, 9.17) is 17.3 Å². The van der Waals surface area contributed by atoms with Crippen molar-refractivity contribution in [2.24, 2.45) is 0 Å². The Morgan fingerprint density at radius 2 is 2.15 bits per heavy atom. The number of likely N-dealkylation sites (tertiary alicyclic amines) is 1. The summed E-state index contributed by atoms with van der Waals surface area (Å²) in [6, 6.07) is 4.77. The third-order valence-electron chi connectivity index (χ3n) is 3.77. The Bertz CT molecular complexity index is 591. The molecule has 0 amide bonds. The Kier molecular flexibility index (Phi) is 4.59. The fraction of sp³-hybridized carbons (Fsp3) is 0.538. The lowest BCUT2D eigenvalue weighted by atomic mass is 10.0. The standard InChI is InChI=1S/C13H20ClN3O2S/c1-9-7-11(5-6-17(9)2)16-20(18,19)13-8-10(15)3-4-12(13)14/h3-4,8-9,11,16H,5-7,15H2,1-2H3. The zero-order valence-electron chi connectivity index (χ0n) is 11.6. The Morgan fingerprint density at radius 1 is 1.45 bits per heavy atom. The molecule has 2 rings (SSSR count). The van der Waals surface area contributed by atoms with Crippen LogP contribution >= 0.6 is 11.6 Å². The maximum absolute atomic E-state index is 12.4. The molecule has 0 radical (unpaired) electrons. The number of benzene rings is 1. The molecule has 1 aliphatic heterocycles. The summed E-state index contributed by atoms with van der Waals surface area (Å²) in [6.07, 6.45) is 1.58. The number of hydrogen-bond acceptors (Lipinski definition) is 4. The lowest BCUT2D eigenvalue weighted by Gasteiger charge is -2.35. The van der Waals surface area contributed by atoms with Gasteiger partial charge in [-0.1, -0.05) is 11.6 Å². The second-order valence-electron chi connectivity index (χ2n) is 5.36. The van der Waals surface area contributed by atoms with Gasteiger partial charge in [0.15, 0.2) is 0 Å². The largest absolute Gasteiger partial charge is 0.399 e. The van der Waals surface area contributed by atoms with Gasteiger partial charge >= 0.3 is 0 Å². The zero-order valence-corrected chi connectivity index (χ0v) is 13.2. The molecular weight excluding hydrogens is 298 g/mol. The van der Waals surface area contributed by atoms with E-state index in [1.807, 2.05) is 7.05 Å². The van der Waals surface area contributed by atoms with Crippen molar-refractivity contribution in [3.8, 4) is 0 Å². The molecule has 2 atom stereocenters. The van der Waals surface area contributed by atoms with Gasteiger partial charge in [-0.25, -0.2) is 13.1 Å². The second-order valence-corrected chi connectivity index (χ2v) is 7.45. The first-order valence-electron chi connectivity index (χ1n) is 6.57. The number of nitrogens with two attached hydrogens (primary N) is 1. The van der Waals surface area contributed by atoms with E-state index in [9.17, 15) is 8.42 Å². The number of halogens is 1. The fourth-order valence-corrected chi connectivity index (χ4v) is 4.22. The van der Waals surface area contributed by atoms with E-state index in [0.29, 0.717) is 11.7 Å². The van der Waals surface area contributed by atoms with E-state index in [0.717, 1.165) is 19.4 Å². The molecule has 1 heterocycles. The van der Waals surface area contributed by atoms with Gasteiger partial charge in [-0.15, -0.1) is 0 Å². The molecule has 5 nitrogen and oxygen atoms in total. The van der Waals surface area contributed by atoms with Crippen LogP contribution in [0.25, 0.3) is 0 Å². The highest BCUT2D eigenvalue weighted by Gasteiger charge is 2.28. The predicted molar refractivity (Wildman–Crippen MR) is 81.3 cm³/mol. The van der Waals surface area contributed by atoms with Gasteiger partial charge in [-0.05, 0) is 51.6 Å². The van der Waals surface area contributed by atoms with Gasteiger partial charge in [-0.2, -0.15) is 0 Å². The Balaban J connectivity index is 2.17. The van der Waals surface area contributed by atoms with E-state index in [2.05, 4.69) is 16.5 Å². The first-order chi connectivity index (χ1) is 9.29. The van der Waals surface area contributed by atoms with Gasteiger partial charge in [0.05, 0.1) is 5.02 Å². The highest BCUT2D eigenvalue weighted by Crippen LogP contribution is 2.25. The number of rotatable bonds is 3. The van der Waals surface area contributed by atoms with Crippen LogP contribution < -0.4 is 10.5 Å². The summed E-state index contributed by atoms with van der Waals surface area (Å²) in [4.78, 5) is 2.27. The van der Waals surface area contributed by atoms with E-state index in [1.54, 1.807) is 6.07 Å². The number of hydrogen-bond donors (Lipinski definition) is 2. The molecular formula is C13H20ClN3O2S. The Morgan fingerprint density at radius 3 is 2.80 bits per heavy atom. The number of sulfonamides is 1. The molecule has 3 N–H and O–H groups in total. The Hall–Kier alpha value is -0.820. The van der Waals surface area contributed by atoms with Crippen LogP contribution in [0.5, 0.6) is 0 Å². The summed E-state index contributed by atoms with van der Waals surface area (Å²) in [5.74, 6) is 0. The highest BCUT2D eigenvalue weighted by molar-refractivity contribution is 7.89. The van der Waals surface area contributed by atoms with Crippen molar-refractivity contribution in [2.75, 3.05) is 19.3 Å². The first-order valence-corrected chi connectivity index (χ1v) is 8.43. The van der Waals surface area contributed by atoms with Crippen LogP contribution in [0.15, 0.2) is 23.1 Å². The first kappa shape index (κ1) is 15.6. The molecule has 1 saturated heterocycles. The topological polar surface area (TPSA) is 75.4 Å². The summed E-state index contributed by atoms with van der Waals surface area (Å²) < 4.78 is 27.5. The minimum Gasteiger partial charge on any atom is -0.399 e. The number of nitrogen functional groups attached to an aromatic ring is 1. The normalized spacial score (nSPS) is 24.8. The summed E-state index contributed by atoms with van der Waals surface area (Å²) >= 11 is 5.97. The van der Waals surface area contributed by atoms with Gasteiger partial charge in [0, 0.05) is 17.8 Å². The lowest BCUT2D eigenvalue weighted by Crippen LogP contribution is -2.47. The van der Waals surface area contributed by atoms with Crippen molar-refractivity contribution >= 4 is 27.3 Å². The molecule has 1 aromatic carbocycles. The van der Waals surface area contributed by atoms with E-state index < -0.39 is 10.0 Å². The second kappa shape index (κ2) is 5.89. The monoisotopic (exact) mass is 317 g/mol. The van der Waals surface area contributed by atoms with Crippen LogP contribution in [-0.2, 0) is 10.0 Å². The number of anilines is 1. The van der Waals surface area contributed by atoms with Crippen molar-refractivity contribution in [1.29, 1.82) is 0 Å². The van der Waals surface area contributed by atoms with Crippen molar-refractivity contribution in [3.05, 3.63) is 23.2 Å². The van der Waals surface area contributed by atoms with Crippen molar-refractivity contribution < 1.29 is 8.42 Å². The van der Waals surface area contributed by atoms with Gasteiger partial charge in [0.1, 0.15) is 4.90 Å². The number of nitrogens with zero attached hydrogens (tertiary/aromatic N) is 1. The smallest absolute Gasteiger partial charge is 0.242 e. The predicted octanol–water partition coefficient (Wildman–Crippen LogP) is 1.68. The number of nitrogens with one attached hydrogen (secondary N) is 1. The van der Waals surface area contributed by atoms with E-state index in [-0.39, 0.29) is 16.0 Å². The molecule has 0 aliphatic carbocycles. The van der Waals surface area contributed by atoms with Crippen molar-refractivity contribution in [2.45, 2.75) is 36.7 Å². The average Bonchev–Trinajstić information content (AvgIpc) is 2.36. The summed E-state index contributed by atoms with van der Waals surface area (Å²) in [6.45, 7) is 2.97. The molecule has 1 aliphatic rings. The molecule has 0 bridgehead atoms. The van der Waals surface area contributed by atoms with E-state index >= 15 is 0 Å². The van der Waals surface area contributed by atoms with E-state index in [1.165, 1.54) is 12.1 Å². The molecule has 7 heteroatoms. The summed E-state index contributed by atoms with van der Waals surface area (Å²) in [5.41, 5.74) is 6.02. The van der Waals surface area contributed by atoms with Crippen LogP contribution in [0.3, 0.4) is 0 Å². The van der Waals surface area contributed by atoms with Gasteiger partial charge in [0.25, 0.3) is 0 Å². The molecule has 0 aromatic heterocycles. The summed E-state index contributed by atoms with van der Waals surface area (Å²) in [7, 11) is -1.59. The average molecular weight is 318 g/mol. The highest BCUT2D eigenvalue weighted by atomic mass is 35.5. The molecule has 0 saturated carbocycles. The third kappa shape index (κ3) is 3.44. The van der Waals surface area contributed by atoms with Crippen LogP contribution in [0, 0.1) is 0 Å². The molecule has 20 heavy (non-hydrogen) atoms. The van der Waals surface area contributed by atoms with Crippen molar-refractivity contribution in [1.82, 2.24) is 9.62 Å². The SMILES string of the molecule is CC1CC(NS(=O)(=O)c2cc(N)ccc2Cl)CCN1C. The van der Waals surface area contributed by atoms with Crippen LogP contribution in [0.4, 0.5) is 5.69 Å². The maximum Gasteiger partial charge on any atom is 0.242 e. The van der Waals surface area contributed by atoms with Crippen molar-refractivity contribution in [3.63, 3.8) is 0 Å². The third-order valence-corrected chi connectivity index (χ3v) is 5.78. The molecule has 112 valence electrons. The van der Waals surface area contributed by atoms with Crippen LogP contribution in [-0.4, -0.2) is 39.0 Å². The molecule has 2 unspecified atom stereocenters. The van der Waals surface area contributed by atoms with Crippen LogP contribution in [0.2, 0.25) is 5.02 Å². The van der Waals surface area contributed by atoms with Crippen LogP contribution in [0.1, 0.15) is 19.8 Å². The van der Waals surface area contributed by atoms with Gasteiger partial charge in [0.2, 0.25) is 10.0 Å². The minimum absolute atomic E-state index is 0.0470. The molecule has 1 aromatic rings. The number of piperidine rings is 1. The quantitative estimate of drug-likeness (QED) is 0.832. The summed E-state index contributed by atoms with van der Waals surface area (Å²) in [5, 5.41) is 0.188. The maximum atomic E-state index is 12.4. The lowest BCUT2D eigenvalue weighted by molar-refractivity contribution is 0.178. The minimum atomic E-state index is -3.63. The van der Waals surface area contributed by atoms with Gasteiger partial charge < -0.3 is 10.6 Å². The fourth-order valence-electron chi connectivity index (χ4n) is 2.41. The molecule has 0 spiro atoms. The zero-order chi connectivity index (χ0) is 14.9. The van der Waals surface area contributed by atoms with Gasteiger partial charge in [-0.3, -0.25) is 0 Å².